The molecule has 1 aromatic heterocycles. The second-order valence-electron chi connectivity index (χ2n) is 4.95. The average Bonchev–Trinajstić information content (AvgIpc) is 2.35. The zero-order chi connectivity index (χ0) is 15.7. The van der Waals surface area contributed by atoms with Crippen molar-refractivity contribution in [1.29, 1.82) is 0 Å². The SMILES string of the molecule is CN(C(=O)c1ccc(C(F)(F)F)[nH]c1=O)C(C)(C)CO. The summed E-state index contributed by atoms with van der Waals surface area (Å²) < 4.78 is 37.2. The first kappa shape index (κ1) is 16.2. The van der Waals surface area contributed by atoms with Gasteiger partial charge in [0.25, 0.3) is 11.5 Å². The average molecular weight is 292 g/mol. The molecule has 0 saturated heterocycles. The zero-order valence-electron chi connectivity index (χ0n) is 11.2. The number of aromatic nitrogens is 1. The van der Waals surface area contributed by atoms with Crippen molar-refractivity contribution in [2.45, 2.75) is 25.6 Å². The highest BCUT2D eigenvalue weighted by molar-refractivity contribution is 5.94. The van der Waals surface area contributed by atoms with Gasteiger partial charge in [-0.25, -0.2) is 0 Å². The van der Waals surface area contributed by atoms with Crippen LogP contribution in [0.5, 0.6) is 0 Å². The van der Waals surface area contributed by atoms with Crippen LogP contribution in [-0.2, 0) is 6.18 Å². The number of halogens is 3. The lowest BCUT2D eigenvalue weighted by Crippen LogP contribution is -2.48. The Morgan fingerprint density at radius 3 is 2.30 bits per heavy atom. The van der Waals surface area contributed by atoms with Crippen LogP contribution in [-0.4, -0.2) is 40.1 Å². The number of aliphatic hydroxyl groups is 1. The Morgan fingerprint density at radius 1 is 1.35 bits per heavy atom. The third kappa shape index (κ3) is 3.19. The van der Waals surface area contributed by atoms with E-state index >= 15 is 0 Å². The van der Waals surface area contributed by atoms with Crippen molar-refractivity contribution in [3.05, 3.63) is 33.7 Å². The first-order chi connectivity index (χ1) is 9.00. The minimum absolute atomic E-state index is 0.353. The normalized spacial score (nSPS) is 12.3. The molecule has 0 radical (unpaired) electrons. The van der Waals surface area contributed by atoms with Gasteiger partial charge >= 0.3 is 6.18 Å². The predicted octanol–water partition coefficient (Wildman–Crippen LogP) is 1.24. The summed E-state index contributed by atoms with van der Waals surface area (Å²) in [6, 6.07) is 1.46. The van der Waals surface area contributed by atoms with Gasteiger partial charge < -0.3 is 15.0 Å². The molecule has 0 bridgehead atoms. The van der Waals surface area contributed by atoms with E-state index in [1.165, 1.54) is 7.05 Å². The topological polar surface area (TPSA) is 73.4 Å². The highest BCUT2D eigenvalue weighted by atomic mass is 19.4. The van der Waals surface area contributed by atoms with E-state index in [2.05, 4.69) is 0 Å². The fraction of sp³-hybridized carbons (Fsp3) is 0.500. The van der Waals surface area contributed by atoms with E-state index < -0.39 is 34.4 Å². The summed E-state index contributed by atoms with van der Waals surface area (Å²) in [5.41, 5.74) is -3.69. The molecule has 8 heteroatoms. The first-order valence-electron chi connectivity index (χ1n) is 5.70. The quantitative estimate of drug-likeness (QED) is 0.880. The van der Waals surface area contributed by atoms with Gasteiger partial charge in [0.2, 0.25) is 0 Å². The summed E-state index contributed by atoms with van der Waals surface area (Å²) in [5, 5.41) is 9.15. The number of aliphatic hydroxyl groups excluding tert-OH is 1. The largest absolute Gasteiger partial charge is 0.431 e. The third-order valence-corrected chi connectivity index (χ3v) is 3.04. The van der Waals surface area contributed by atoms with Crippen molar-refractivity contribution in [1.82, 2.24) is 9.88 Å². The number of carbonyl (C=O) groups is 1. The molecule has 1 heterocycles. The van der Waals surface area contributed by atoms with Gasteiger partial charge in [-0.05, 0) is 26.0 Å². The molecule has 0 aliphatic carbocycles. The van der Waals surface area contributed by atoms with Gasteiger partial charge in [-0.3, -0.25) is 9.59 Å². The fourth-order valence-electron chi connectivity index (χ4n) is 1.37. The van der Waals surface area contributed by atoms with Gasteiger partial charge in [-0.15, -0.1) is 0 Å². The van der Waals surface area contributed by atoms with E-state index in [0.717, 1.165) is 11.0 Å². The van der Waals surface area contributed by atoms with E-state index in [9.17, 15) is 22.8 Å². The number of pyridine rings is 1. The number of amides is 1. The lowest BCUT2D eigenvalue weighted by atomic mass is 10.0. The molecule has 1 rings (SSSR count). The summed E-state index contributed by atoms with van der Waals surface area (Å²) in [7, 11) is 1.36. The molecule has 0 unspecified atom stereocenters. The summed E-state index contributed by atoms with van der Waals surface area (Å²) in [6.07, 6.45) is -4.68. The van der Waals surface area contributed by atoms with Crippen LogP contribution >= 0.6 is 0 Å². The summed E-state index contributed by atoms with van der Waals surface area (Å²) in [5.74, 6) is -0.765. The van der Waals surface area contributed by atoms with Gasteiger partial charge in [0.1, 0.15) is 11.3 Å². The van der Waals surface area contributed by atoms with Gasteiger partial charge in [0.15, 0.2) is 0 Å². The number of aromatic amines is 1. The minimum Gasteiger partial charge on any atom is -0.394 e. The van der Waals surface area contributed by atoms with Gasteiger partial charge in [-0.1, -0.05) is 0 Å². The highest BCUT2D eigenvalue weighted by Crippen LogP contribution is 2.26. The summed E-state index contributed by atoms with van der Waals surface area (Å²) >= 11 is 0. The monoisotopic (exact) mass is 292 g/mol. The molecule has 20 heavy (non-hydrogen) atoms. The maximum absolute atomic E-state index is 12.4. The number of nitrogens with zero attached hydrogens (tertiary/aromatic N) is 1. The number of likely N-dealkylation sites (N-methyl/N-ethyl adjacent to an activating group) is 1. The van der Waals surface area contributed by atoms with E-state index in [0.29, 0.717) is 6.07 Å². The molecule has 112 valence electrons. The van der Waals surface area contributed by atoms with E-state index in [-0.39, 0.29) is 6.61 Å². The Kier molecular flexibility index (Phi) is 4.28. The van der Waals surface area contributed by atoms with Crippen molar-refractivity contribution in [2.24, 2.45) is 0 Å². The molecule has 0 atom stereocenters. The van der Waals surface area contributed by atoms with Gasteiger partial charge in [-0.2, -0.15) is 13.2 Å². The number of hydrogen-bond donors (Lipinski definition) is 2. The van der Waals surface area contributed by atoms with Gasteiger partial charge in [0, 0.05) is 7.05 Å². The van der Waals surface area contributed by atoms with Crippen molar-refractivity contribution in [3.8, 4) is 0 Å². The van der Waals surface area contributed by atoms with E-state index in [1.54, 1.807) is 18.8 Å². The molecule has 0 spiro atoms. The van der Waals surface area contributed by atoms with Gasteiger partial charge in [0.05, 0.1) is 12.1 Å². The number of H-pyrrole nitrogens is 1. The maximum Gasteiger partial charge on any atom is 0.431 e. The molecule has 1 amide bonds. The summed E-state index contributed by atoms with van der Waals surface area (Å²) in [4.78, 5) is 26.4. The minimum atomic E-state index is -4.68. The first-order valence-corrected chi connectivity index (χ1v) is 5.70. The predicted molar refractivity (Wildman–Crippen MR) is 65.3 cm³/mol. The van der Waals surface area contributed by atoms with Crippen LogP contribution < -0.4 is 5.56 Å². The number of alkyl halides is 3. The Labute approximate surface area is 113 Å². The molecular weight excluding hydrogens is 277 g/mol. The molecule has 1 aromatic rings. The third-order valence-electron chi connectivity index (χ3n) is 3.04. The standard InChI is InChI=1S/C12H15F3N2O3/c1-11(2,6-18)17(3)10(20)7-4-5-8(12(13,14)15)16-9(7)19/h4-5,18H,6H2,1-3H3,(H,16,19). The van der Waals surface area contributed by atoms with Crippen molar-refractivity contribution in [3.63, 3.8) is 0 Å². The lowest BCUT2D eigenvalue weighted by Gasteiger charge is -2.33. The fourth-order valence-corrected chi connectivity index (χ4v) is 1.37. The second-order valence-corrected chi connectivity index (χ2v) is 4.95. The molecule has 2 N–H and O–H groups in total. The van der Waals surface area contributed by atoms with Crippen LogP contribution in [0.15, 0.2) is 16.9 Å². The van der Waals surface area contributed by atoms with E-state index in [1.807, 2.05) is 0 Å². The molecule has 0 saturated carbocycles. The summed E-state index contributed by atoms with van der Waals surface area (Å²) in [6.45, 7) is 2.76. The van der Waals surface area contributed by atoms with Crippen LogP contribution in [0.25, 0.3) is 0 Å². The lowest BCUT2D eigenvalue weighted by molar-refractivity contribution is -0.141. The van der Waals surface area contributed by atoms with Crippen molar-refractivity contribution >= 4 is 5.91 Å². The number of carbonyl (C=O) groups excluding carboxylic acids is 1. The maximum atomic E-state index is 12.4. The molecule has 0 fully saturated rings. The Balaban J connectivity index is 3.17. The smallest absolute Gasteiger partial charge is 0.394 e. The molecular formula is C12H15F3N2O3. The number of nitrogens with one attached hydrogen (secondary N) is 1. The second kappa shape index (κ2) is 5.28. The van der Waals surface area contributed by atoms with Crippen molar-refractivity contribution in [2.75, 3.05) is 13.7 Å². The molecule has 5 nitrogen and oxygen atoms in total. The van der Waals surface area contributed by atoms with Crippen molar-refractivity contribution < 1.29 is 23.1 Å². The Bertz CT molecular complexity index is 564. The van der Waals surface area contributed by atoms with E-state index in [4.69, 9.17) is 5.11 Å². The van der Waals surface area contributed by atoms with Crippen LogP contribution in [0.3, 0.4) is 0 Å². The molecule has 0 aliphatic heterocycles. The van der Waals surface area contributed by atoms with Crippen LogP contribution in [0, 0.1) is 0 Å². The highest BCUT2D eigenvalue weighted by Gasteiger charge is 2.33. The number of hydrogen-bond acceptors (Lipinski definition) is 3. The Morgan fingerprint density at radius 2 is 1.90 bits per heavy atom. The van der Waals surface area contributed by atoms with Crippen LogP contribution in [0.4, 0.5) is 13.2 Å². The zero-order valence-corrected chi connectivity index (χ0v) is 11.2. The number of rotatable bonds is 3. The molecule has 0 aromatic carbocycles. The van der Waals surface area contributed by atoms with Crippen LogP contribution in [0.2, 0.25) is 0 Å². The van der Waals surface area contributed by atoms with Crippen LogP contribution in [0.1, 0.15) is 29.9 Å². The molecule has 0 aliphatic rings. The Hall–Kier alpha value is -1.83.